The van der Waals surface area contributed by atoms with E-state index in [9.17, 15) is 9.32 Å². The van der Waals surface area contributed by atoms with E-state index >= 15 is 0 Å². The lowest BCUT2D eigenvalue weighted by atomic mass is 9.69. The van der Waals surface area contributed by atoms with Gasteiger partial charge in [0, 0.05) is 62.3 Å². The summed E-state index contributed by atoms with van der Waals surface area (Å²) < 4.78 is 12.9. The molecule has 2 atom stereocenters. The lowest BCUT2D eigenvalue weighted by molar-refractivity contribution is 0.114. The quantitative estimate of drug-likeness (QED) is 0.704. The highest BCUT2D eigenvalue weighted by molar-refractivity contribution is 7.85. The van der Waals surface area contributed by atoms with Gasteiger partial charge in [0.2, 0.25) is 5.95 Å². The van der Waals surface area contributed by atoms with Gasteiger partial charge in [0.15, 0.2) is 11.6 Å². The summed E-state index contributed by atoms with van der Waals surface area (Å²) in [6.07, 6.45) is 11.2. The van der Waals surface area contributed by atoms with E-state index in [4.69, 9.17) is 21.6 Å². The summed E-state index contributed by atoms with van der Waals surface area (Å²) in [5.74, 6) is 3.14. The second kappa shape index (κ2) is 8.29. The fraction of sp³-hybridized carbons (Fsp3) is 0.565. The molecular weight excluding hydrogens is 460 g/mol. The van der Waals surface area contributed by atoms with E-state index in [1.165, 1.54) is 6.42 Å². The second-order valence-corrected chi connectivity index (χ2v) is 11.3. The molecule has 10 heteroatoms. The van der Waals surface area contributed by atoms with Crippen LogP contribution in [-0.2, 0) is 17.2 Å². The average Bonchev–Trinajstić information content (AvgIpc) is 3.40. The molecule has 1 spiro atoms. The molecule has 5 heterocycles. The number of nitrogens with zero attached hydrogens (tertiary/aromatic N) is 6. The van der Waals surface area contributed by atoms with E-state index in [1.807, 2.05) is 0 Å². The number of hydrogen-bond acceptors (Lipinski definition) is 8. The molecule has 0 radical (unpaired) electrons. The number of aliphatic hydroxyl groups is 1. The van der Waals surface area contributed by atoms with Gasteiger partial charge in [0.05, 0.1) is 21.5 Å². The van der Waals surface area contributed by atoms with Crippen LogP contribution in [-0.4, -0.2) is 66.8 Å². The number of aliphatic hydroxyl groups excluding tert-OH is 1. The SMILES string of the molecule is O=S1CCc2nc(N3CC=C(c4ncc(Cl)cn4)CC3)nc(N3CCC(CO)C34CCC4)c21. The van der Waals surface area contributed by atoms with Crippen molar-refractivity contribution >= 4 is 39.7 Å². The van der Waals surface area contributed by atoms with Gasteiger partial charge in [-0.15, -0.1) is 0 Å². The van der Waals surface area contributed by atoms with Crippen LogP contribution < -0.4 is 9.80 Å². The molecule has 33 heavy (non-hydrogen) atoms. The Balaban J connectivity index is 1.33. The third-order valence-electron chi connectivity index (χ3n) is 7.75. The minimum Gasteiger partial charge on any atom is -0.396 e. The normalized spacial score (nSPS) is 25.8. The van der Waals surface area contributed by atoms with Crippen molar-refractivity contribution in [3.63, 3.8) is 0 Å². The zero-order valence-corrected chi connectivity index (χ0v) is 20.0. The van der Waals surface area contributed by atoms with Crippen molar-refractivity contribution in [2.75, 3.05) is 41.8 Å². The van der Waals surface area contributed by atoms with Crippen LogP contribution in [0.15, 0.2) is 23.4 Å². The molecule has 0 amide bonds. The van der Waals surface area contributed by atoms with Crippen LogP contribution in [0, 0.1) is 5.92 Å². The summed E-state index contributed by atoms with van der Waals surface area (Å²) in [5, 5.41) is 10.5. The topological polar surface area (TPSA) is 95.3 Å². The van der Waals surface area contributed by atoms with E-state index in [1.54, 1.807) is 12.4 Å². The largest absolute Gasteiger partial charge is 0.396 e. The maximum Gasteiger partial charge on any atom is 0.227 e. The van der Waals surface area contributed by atoms with Crippen LogP contribution in [0.5, 0.6) is 0 Å². The fourth-order valence-corrected chi connectivity index (χ4v) is 7.26. The molecule has 2 unspecified atom stereocenters. The number of aryl methyl sites for hydroxylation is 1. The Morgan fingerprint density at radius 1 is 1.18 bits per heavy atom. The van der Waals surface area contributed by atoms with Gasteiger partial charge in [-0.05, 0) is 37.7 Å². The summed E-state index contributed by atoms with van der Waals surface area (Å²) >= 11 is 5.92. The van der Waals surface area contributed by atoms with E-state index in [0.717, 1.165) is 67.2 Å². The lowest BCUT2D eigenvalue weighted by Gasteiger charge is -2.50. The monoisotopic (exact) mass is 486 g/mol. The van der Waals surface area contributed by atoms with Gasteiger partial charge in [0.1, 0.15) is 4.90 Å². The maximum absolute atomic E-state index is 12.9. The van der Waals surface area contributed by atoms with Gasteiger partial charge in [-0.2, -0.15) is 4.98 Å². The molecule has 1 aliphatic carbocycles. The average molecular weight is 487 g/mol. The lowest BCUT2D eigenvalue weighted by Crippen LogP contribution is -2.55. The Morgan fingerprint density at radius 3 is 2.67 bits per heavy atom. The molecule has 0 aromatic carbocycles. The van der Waals surface area contributed by atoms with Crippen molar-refractivity contribution in [3.8, 4) is 0 Å². The van der Waals surface area contributed by atoms with Gasteiger partial charge in [-0.3, -0.25) is 4.21 Å². The molecule has 4 aliphatic rings. The first-order chi connectivity index (χ1) is 16.1. The van der Waals surface area contributed by atoms with Crippen LogP contribution in [0.4, 0.5) is 11.8 Å². The van der Waals surface area contributed by atoms with Crippen LogP contribution in [0.25, 0.3) is 5.57 Å². The first-order valence-corrected chi connectivity index (χ1v) is 13.4. The van der Waals surface area contributed by atoms with Gasteiger partial charge >= 0.3 is 0 Å². The Labute approximate surface area is 200 Å². The highest BCUT2D eigenvalue weighted by Gasteiger charge is 2.53. The predicted octanol–water partition coefficient (Wildman–Crippen LogP) is 2.62. The highest BCUT2D eigenvalue weighted by Crippen LogP contribution is 2.52. The minimum atomic E-state index is -1.06. The third-order valence-corrected chi connectivity index (χ3v) is 9.40. The summed E-state index contributed by atoms with van der Waals surface area (Å²) in [5.41, 5.74) is 1.98. The number of aromatic nitrogens is 4. The van der Waals surface area contributed by atoms with Crippen LogP contribution in [0.2, 0.25) is 5.02 Å². The Morgan fingerprint density at radius 2 is 2.00 bits per heavy atom. The number of anilines is 2. The summed E-state index contributed by atoms with van der Waals surface area (Å²) in [6.45, 7) is 2.49. The maximum atomic E-state index is 12.9. The molecule has 1 saturated carbocycles. The first kappa shape index (κ1) is 21.4. The number of fused-ring (bicyclic) bond motifs is 1. The molecule has 1 N–H and O–H groups in total. The zero-order chi connectivity index (χ0) is 22.6. The van der Waals surface area contributed by atoms with Crippen molar-refractivity contribution in [1.29, 1.82) is 0 Å². The third kappa shape index (κ3) is 3.47. The summed E-state index contributed by atoms with van der Waals surface area (Å²) in [7, 11) is -1.06. The summed E-state index contributed by atoms with van der Waals surface area (Å²) in [4.78, 5) is 24.0. The standard InChI is InChI=1S/C23H27ClN6O2S/c24-17-12-25-20(26-13-17)15-2-8-29(9-3-15)22-27-18-5-11-33(32)19(18)21(28-22)30-10-4-16(14-31)23(30)6-1-7-23/h2,12-13,16,31H,1,3-11,14H2. The minimum absolute atomic E-state index is 0.0399. The molecule has 8 nitrogen and oxygen atoms in total. The molecule has 6 rings (SSSR count). The van der Waals surface area contributed by atoms with Crippen LogP contribution in [0.3, 0.4) is 0 Å². The van der Waals surface area contributed by atoms with Crippen molar-refractivity contribution < 1.29 is 9.32 Å². The first-order valence-electron chi connectivity index (χ1n) is 11.7. The van der Waals surface area contributed by atoms with E-state index in [2.05, 4.69) is 25.8 Å². The smallest absolute Gasteiger partial charge is 0.227 e. The molecule has 0 bridgehead atoms. The van der Waals surface area contributed by atoms with E-state index in [-0.39, 0.29) is 18.1 Å². The van der Waals surface area contributed by atoms with Crippen LogP contribution >= 0.6 is 11.6 Å². The van der Waals surface area contributed by atoms with Crippen molar-refractivity contribution in [2.24, 2.45) is 5.92 Å². The Bertz CT molecular complexity index is 1140. The van der Waals surface area contributed by atoms with Crippen molar-refractivity contribution in [3.05, 3.63) is 35.0 Å². The predicted molar refractivity (Wildman–Crippen MR) is 128 cm³/mol. The molecule has 2 aromatic rings. The molecule has 3 aliphatic heterocycles. The zero-order valence-electron chi connectivity index (χ0n) is 18.4. The molecular formula is C23H27ClN6O2S. The Kier molecular flexibility index (Phi) is 5.38. The molecule has 1 saturated heterocycles. The van der Waals surface area contributed by atoms with E-state index < -0.39 is 10.8 Å². The molecule has 2 fully saturated rings. The van der Waals surface area contributed by atoms with Gasteiger partial charge in [-0.25, -0.2) is 15.0 Å². The highest BCUT2D eigenvalue weighted by atomic mass is 35.5. The van der Waals surface area contributed by atoms with E-state index in [0.29, 0.717) is 29.1 Å². The summed E-state index contributed by atoms with van der Waals surface area (Å²) in [6, 6.07) is 0. The second-order valence-electron chi connectivity index (χ2n) is 9.35. The Hall–Kier alpha value is -2.10. The van der Waals surface area contributed by atoms with Crippen molar-refractivity contribution in [1.82, 2.24) is 19.9 Å². The molecule has 174 valence electrons. The van der Waals surface area contributed by atoms with Crippen LogP contribution in [0.1, 0.15) is 43.6 Å². The van der Waals surface area contributed by atoms with Gasteiger partial charge in [-0.1, -0.05) is 17.7 Å². The fourth-order valence-electron chi connectivity index (χ4n) is 5.81. The number of hydrogen-bond donors (Lipinski definition) is 1. The number of halogens is 1. The van der Waals surface area contributed by atoms with Gasteiger partial charge < -0.3 is 14.9 Å². The molecule has 2 aromatic heterocycles. The van der Waals surface area contributed by atoms with Gasteiger partial charge in [0.25, 0.3) is 0 Å². The van der Waals surface area contributed by atoms with Crippen molar-refractivity contribution in [2.45, 2.75) is 49.0 Å². The number of rotatable bonds is 4.